The van der Waals surface area contributed by atoms with Crippen LogP contribution in [0, 0.1) is 0 Å². The first-order chi connectivity index (χ1) is 12.5. The van der Waals surface area contributed by atoms with Gasteiger partial charge in [0, 0.05) is 4.90 Å². The molecule has 0 fully saturated rings. The van der Waals surface area contributed by atoms with Crippen LogP contribution in [0.25, 0.3) is 0 Å². The number of esters is 1. The minimum absolute atomic E-state index is 0.312. The number of anilines is 1. The number of ether oxygens (including phenoxy) is 2. The van der Waals surface area contributed by atoms with E-state index >= 15 is 0 Å². The molecule has 138 valence electrons. The summed E-state index contributed by atoms with van der Waals surface area (Å²) in [5, 5.41) is 2.82. The molecule has 2 rings (SSSR count). The second-order valence-electron chi connectivity index (χ2n) is 5.28. The topological polar surface area (TPSA) is 64.6 Å². The number of carbonyl (C=O) groups is 2. The molecule has 2 aromatic carbocycles. The van der Waals surface area contributed by atoms with Gasteiger partial charge in [-0.25, -0.2) is 0 Å². The van der Waals surface area contributed by atoms with E-state index in [1.54, 1.807) is 43.3 Å². The van der Waals surface area contributed by atoms with E-state index in [9.17, 15) is 9.59 Å². The summed E-state index contributed by atoms with van der Waals surface area (Å²) >= 11 is 7.42. The van der Waals surface area contributed by atoms with Crippen molar-refractivity contribution in [2.45, 2.75) is 24.0 Å². The lowest BCUT2D eigenvalue weighted by Gasteiger charge is -2.15. The lowest BCUT2D eigenvalue weighted by molar-refractivity contribution is -0.139. The molecule has 1 N–H and O–H groups in total. The second-order valence-corrected chi connectivity index (χ2v) is 7.07. The monoisotopic (exact) mass is 393 g/mol. The van der Waals surface area contributed by atoms with Gasteiger partial charge in [-0.1, -0.05) is 29.8 Å². The average Bonchev–Trinajstić information content (AvgIpc) is 2.64. The van der Waals surface area contributed by atoms with E-state index in [1.165, 1.54) is 18.9 Å². The Kier molecular flexibility index (Phi) is 7.36. The molecule has 1 amide bonds. The number of benzene rings is 2. The maximum Gasteiger partial charge on any atom is 0.318 e. The minimum Gasteiger partial charge on any atom is -0.490 e. The molecule has 0 aliphatic carbocycles. The number of halogens is 1. The molecule has 1 atom stereocenters. The van der Waals surface area contributed by atoms with Gasteiger partial charge >= 0.3 is 5.97 Å². The molecule has 0 bridgehead atoms. The highest BCUT2D eigenvalue weighted by Crippen LogP contribution is 2.34. The number of hydrogen-bond donors (Lipinski definition) is 1. The van der Waals surface area contributed by atoms with Gasteiger partial charge in [0.2, 0.25) is 0 Å². The van der Waals surface area contributed by atoms with Crippen molar-refractivity contribution in [3.63, 3.8) is 0 Å². The summed E-state index contributed by atoms with van der Waals surface area (Å²) in [6, 6.07) is 12.2. The van der Waals surface area contributed by atoms with E-state index in [2.05, 4.69) is 5.32 Å². The number of methoxy groups -OCH3 is 1. The zero-order valence-electron chi connectivity index (χ0n) is 14.7. The quantitative estimate of drug-likeness (QED) is 0.548. The molecule has 7 heteroatoms. The van der Waals surface area contributed by atoms with Crippen molar-refractivity contribution in [2.24, 2.45) is 0 Å². The van der Waals surface area contributed by atoms with Gasteiger partial charge in [-0.15, -0.1) is 11.8 Å². The van der Waals surface area contributed by atoms with E-state index < -0.39 is 5.25 Å². The maximum atomic E-state index is 12.8. The fourth-order valence-corrected chi connectivity index (χ4v) is 3.50. The number of thioether (sulfide) groups is 1. The van der Waals surface area contributed by atoms with Crippen molar-refractivity contribution >= 4 is 40.9 Å². The normalized spacial score (nSPS) is 11.5. The molecule has 0 heterocycles. The molecule has 0 aliphatic heterocycles. The molecule has 0 aromatic heterocycles. The Morgan fingerprint density at radius 3 is 2.62 bits per heavy atom. The van der Waals surface area contributed by atoms with Crippen LogP contribution in [0.4, 0.5) is 5.69 Å². The lowest BCUT2D eigenvalue weighted by atomic mass is 10.2. The van der Waals surface area contributed by atoms with Gasteiger partial charge < -0.3 is 14.8 Å². The number of hydrogen-bond acceptors (Lipinski definition) is 5. The van der Waals surface area contributed by atoms with Crippen LogP contribution < -0.4 is 10.1 Å². The van der Waals surface area contributed by atoms with Gasteiger partial charge in [-0.3, -0.25) is 9.59 Å². The molecule has 0 saturated heterocycles. The SMILES string of the molecule is CCOc1c(Cl)cccc1NC(=O)c1ccccc1SC(C)C(=O)OC. The Bertz CT molecular complexity index is 797. The first kappa shape index (κ1) is 20.1. The fraction of sp³-hybridized carbons (Fsp3) is 0.263. The number of nitrogens with one attached hydrogen (secondary N) is 1. The van der Waals surface area contributed by atoms with Crippen molar-refractivity contribution < 1.29 is 19.1 Å². The Hall–Kier alpha value is -2.18. The van der Waals surface area contributed by atoms with Crippen molar-refractivity contribution in [3.8, 4) is 5.75 Å². The first-order valence-electron chi connectivity index (χ1n) is 8.04. The fourth-order valence-electron chi connectivity index (χ4n) is 2.25. The minimum atomic E-state index is -0.431. The molecular weight excluding hydrogens is 374 g/mol. The molecule has 2 aromatic rings. The molecule has 0 radical (unpaired) electrons. The molecule has 5 nitrogen and oxygen atoms in total. The number of carbonyl (C=O) groups excluding carboxylic acids is 2. The predicted octanol–water partition coefficient (Wildman–Crippen LogP) is 4.64. The average molecular weight is 394 g/mol. The smallest absolute Gasteiger partial charge is 0.318 e. The Morgan fingerprint density at radius 1 is 1.19 bits per heavy atom. The standard InChI is InChI=1S/C19H20ClNO4S/c1-4-25-17-14(20)9-7-10-15(17)21-18(22)13-8-5-6-11-16(13)26-12(2)19(23)24-3/h5-12H,4H2,1-3H3,(H,21,22). The van der Waals surface area contributed by atoms with Crippen molar-refractivity contribution in [3.05, 3.63) is 53.1 Å². The summed E-state index contributed by atoms with van der Waals surface area (Å²) in [4.78, 5) is 25.1. The molecule has 0 saturated carbocycles. The summed E-state index contributed by atoms with van der Waals surface area (Å²) < 4.78 is 10.3. The van der Waals surface area contributed by atoms with Gasteiger partial charge in [0.25, 0.3) is 5.91 Å². The van der Waals surface area contributed by atoms with Crippen LogP contribution in [0.3, 0.4) is 0 Å². The summed E-state index contributed by atoms with van der Waals surface area (Å²) in [6.07, 6.45) is 0. The number of rotatable bonds is 7. The maximum absolute atomic E-state index is 12.8. The summed E-state index contributed by atoms with van der Waals surface area (Å²) in [6.45, 7) is 4.00. The Balaban J connectivity index is 2.26. The van der Waals surface area contributed by atoms with Crippen molar-refractivity contribution in [1.29, 1.82) is 0 Å². The second kappa shape index (κ2) is 9.50. The van der Waals surface area contributed by atoms with Crippen LogP contribution in [0.2, 0.25) is 5.02 Å². The van der Waals surface area contributed by atoms with Crippen molar-refractivity contribution in [1.82, 2.24) is 0 Å². The van der Waals surface area contributed by atoms with Gasteiger partial charge in [0.15, 0.2) is 5.75 Å². The van der Waals surface area contributed by atoms with Gasteiger partial charge in [0.1, 0.15) is 5.25 Å². The lowest BCUT2D eigenvalue weighted by Crippen LogP contribution is -2.17. The highest BCUT2D eigenvalue weighted by atomic mass is 35.5. The number of para-hydroxylation sites is 1. The molecular formula is C19H20ClNO4S. The third kappa shape index (κ3) is 4.93. The highest BCUT2D eigenvalue weighted by molar-refractivity contribution is 8.00. The summed E-state index contributed by atoms with van der Waals surface area (Å²) in [5.41, 5.74) is 0.945. The van der Waals surface area contributed by atoms with Gasteiger partial charge in [0.05, 0.1) is 30.0 Å². The zero-order chi connectivity index (χ0) is 19.1. The largest absolute Gasteiger partial charge is 0.490 e. The van der Waals surface area contributed by atoms with E-state index in [-0.39, 0.29) is 11.9 Å². The van der Waals surface area contributed by atoms with Crippen molar-refractivity contribution in [2.75, 3.05) is 19.0 Å². The van der Waals surface area contributed by atoms with E-state index in [0.29, 0.717) is 33.5 Å². The van der Waals surface area contributed by atoms with Crippen LogP contribution in [0.15, 0.2) is 47.4 Å². The van der Waals surface area contributed by atoms with E-state index in [0.717, 1.165) is 0 Å². The molecule has 1 unspecified atom stereocenters. The molecule has 0 spiro atoms. The molecule has 0 aliphatic rings. The molecule has 26 heavy (non-hydrogen) atoms. The van der Waals surface area contributed by atoms with Crippen LogP contribution >= 0.6 is 23.4 Å². The zero-order valence-corrected chi connectivity index (χ0v) is 16.3. The van der Waals surface area contributed by atoms with Gasteiger partial charge in [-0.05, 0) is 38.1 Å². The first-order valence-corrected chi connectivity index (χ1v) is 9.29. The predicted molar refractivity (Wildman–Crippen MR) is 104 cm³/mol. The van der Waals surface area contributed by atoms with Crippen LogP contribution in [0.1, 0.15) is 24.2 Å². The van der Waals surface area contributed by atoms with Crippen LogP contribution in [-0.4, -0.2) is 30.8 Å². The summed E-state index contributed by atoms with van der Waals surface area (Å²) in [5.74, 6) is -0.231. The van der Waals surface area contributed by atoms with E-state index in [4.69, 9.17) is 21.1 Å². The Morgan fingerprint density at radius 2 is 1.92 bits per heavy atom. The number of amides is 1. The van der Waals surface area contributed by atoms with Gasteiger partial charge in [-0.2, -0.15) is 0 Å². The van der Waals surface area contributed by atoms with Crippen LogP contribution in [0.5, 0.6) is 5.75 Å². The Labute approximate surface area is 162 Å². The summed E-state index contributed by atoms with van der Waals surface area (Å²) in [7, 11) is 1.34. The third-order valence-electron chi connectivity index (χ3n) is 3.47. The van der Waals surface area contributed by atoms with E-state index in [1.807, 2.05) is 13.0 Å². The van der Waals surface area contributed by atoms with Crippen LogP contribution in [-0.2, 0) is 9.53 Å². The highest BCUT2D eigenvalue weighted by Gasteiger charge is 2.20. The third-order valence-corrected chi connectivity index (χ3v) is 4.93.